The highest BCUT2D eigenvalue weighted by molar-refractivity contribution is 7.26. The van der Waals surface area contributed by atoms with Crippen molar-refractivity contribution < 1.29 is 0 Å². The van der Waals surface area contributed by atoms with E-state index >= 15 is 0 Å². The average molecular weight is 1330 g/mol. The maximum Gasteiger partial charge on any atom is 0.0540 e. The normalized spacial score (nSPS) is 11.8. The molecule has 0 radical (unpaired) electrons. The molecule has 0 unspecified atom stereocenters. The number of rotatable bonds is 11. The molecule has 20 rings (SSSR count). The molecule has 0 amide bonds. The number of para-hydroxylation sites is 2. The van der Waals surface area contributed by atoms with Crippen LogP contribution in [0.1, 0.15) is 11.1 Å². The summed E-state index contributed by atoms with van der Waals surface area (Å²) in [7, 11) is 0. The molecule has 2 nitrogen and oxygen atoms in total. The first kappa shape index (κ1) is 59.6. The van der Waals surface area contributed by atoms with E-state index in [9.17, 15) is 0 Å². The SMILES string of the molecule is Cc1cc(-c2ccc(N(c3ccc(-c4ccc5c6ccccc6c6ccccc6c5c4)cc3)c3ccccc3-c3ccc4sc5ccccc5c4c3)c(C)c2)ccc1N(c1ccc(-c2ccc3c4ccccc4c4ccccc4c3c2)cc1)c1ccccc1-c1ccc2sc3ccccc3c2c1. The number of benzene rings is 18. The molecule has 0 N–H and O–H groups in total. The molecule has 0 saturated heterocycles. The Kier molecular flexibility index (Phi) is 14.1. The molecular formula is C98H64N2S2. The van der Waals surface area contributed by atoms with Gasteiger partial charge in [0.25, 0.3) is 0 Å². The molecule has 0 atom stereocenters. The van der Waals surface area contributed by atoms with Gasteiger partial charge in [-0.2, -0.15) is 0 Å². The van der Waals surface area contributed by atoms with Crippen molar-refractivity contribution in [3.8, 4) is 55.6 Å². The highest BCUT2D eigenvalue weighted by Crippen LogP contribution is 2.49. The topological polar surface area (TPSA) is 6.48 Å². The summed E-state index contributed by atoms with van der Waals surface area (Å²) in [5.74, 6) is 0. The Hall–Kier alpha value is -12.4. The van der Waals surface area contributed by atoms with Crippen molar-refractivity contribution in [1.29, 1.82) is 0 Å². The van der Waals surface area contributed by atoms with Crippen LogP contribution < -0.4 is 9.80 Å². The largest absolute Gasteiger partial charge is 0.310 e. The van der Waals surface area contributed by atoms with Crippen LogP contribution in [0.5, 0.6) is 0 Å². The predicted molar refractivity (Wildman–Crippen MR) is 443 cm³/mol. The van der Waals surface area contributed by atoms with Gasteiger partial charge in [-0.3, -0.25) is 0 Å². The van der Waals surface area contributed by atoms with Crippen LogP contribution in [0.25, 0.3) is 161 Å². The lowest BCUT2D eigenvalue weighted by molar-refractivity contribution is 1.24. The number of anilines is 6. The Balaban J connectivity index is 0.694. The molecule has 0 aliphatic carbocycles. The summed E-state index contributed by atoms with van der Waals surface area (Å²) in [6.45, 7) is 4.55. The second-order valence-electron chi connectivity index (χ2n) is 27.1. The lowest BCUT2D eigenvalue weighted by Crippen LogP contribution is -2.13. The molecule has 18 aromatic carbocycles. The van der Waals surface area contributed by atoms with E-state index in [-0.39, 0.29) is 0 Å². The van der Waals surface area contributed by atoms with Gasteiger partial charge in [0.15, 0.2) is 0 Å². The summed E-state index contributed by atoms with van der Waals surface area (Å²) >= 11 is 3.72. The van der Waals surface area contributed by atoms with E-state index < -0.39 is 0 Å². The third-order valence-corrected chi connectivity index (χ3v) is 23.6. The monoisotopic (exact) mass is 1330 g/mol. The van der Waals surface area contributed by atoms with Crippen LogP contribution in [0.2, 0.25) is 0 Å². The number of fused-ring (bicyclic) bond motifs is 18. The van der Waals surface area contributed by atoms with Gasteiger partial charge < -0.3 is 9.80 Å². The molecule has 20 aromatic rings. The van der Waals surface area contributed by atoms with Crippen molar-refractivity contribution in [2.75, 3.05) is 9.80 Å². The van der Waals surface area contributed by atoms with Crippen LogP contribution in [0.3, 0.4) is 0 Å². The van der Waals surface area contributed by atoms with Gasteiger partial charge in [-0.1, -0.05) is 243 Å². The Bertz CT molecular complexity index is 6310. The van der Waals surface area contributed by atoms with Gasteiger partial charge in [0, 0.05) is 74.2 Å². The van der Waals surface area contributed by atoms with Crippen LogP contribution in [0, 0.1) is 13.8 Å². The summed E-state index contributed by atoms with van der Waals surface area (Å²) in [5.41, 5.74) is 20.7. The third-order valence-electron chi connectivity index (χ3n) is 21.3. The van der Waals surface area contributed by atoms with E-state index in [0.717, 1.165) is 45.3 Å². The van der Waals surface area contributed by atoms with E-state index in [1.807, 2.05) is 22.7 Å². The van der Waals surface area contributed by atoms with E-state index in [2.05, 4.69) is 375 Å². The minimum Gasteiger partial charge on any atom is -0.310 e. The van der Waals surface area contributed by atoms with Crippen molar-refractivity contribution in [2.45, 2.75) is 13.8 Å². The van der Waals surface area contributed by atoms with Crippen LogP contribution in [0.4, 0.5) is 34.1 Å². The molecule has 0 fully saturated rings. The summed E-state index contributed by atoms with van der Waals surface area (Å²) < 4.78 is 5.20. The van der Waals surface area contributed by atoms with Gasteiger partial charge in [-0.05, 0) is 243 Å². The van der Waals surface area contributed by atoms with Crippen LogP contribution in [-0.4, -0.2) is 0 Å². The standard InChI is InChI=1S/C98H64N2S2/c1-61-55-65(41-51-91(61)99(93-31-15-11-19-73(93)69-43-53-97-89(59-69)85-29-13-17-33-95(85)101-97)71-45-35-63(36-46-71)67-39-49-83-79-25-5-3-21-75(79)77-23-7-9-27-81(77)87(83)57-67)66-42-52-92(62(2)56-66)100(94-32-16-12-20-74(94)70-44-54-98-90(60-70)86-30-14-18-34-96(86)102-98)72-47-37-64(38-48-72)68-40-50-84-80-26-6-4-22-76(80)78-24-8-10-28-82(78)88(84)58-68/h3-60H,1-2H3. The first-order chi connectivity index (χ1) is 50.4. The lowest BCUT2D eigenvalue weighted by Gasteiger charge is -2.30. The molecule has 0 saturated carbocycles. The van der Waals surface area contributed by atoms with E-state index in [0.29, 0.717) is 0 Å². The fourth-order valence-corrected chi connectivity index (χ4v) is 18.6. The Morgan fingerprint density at radius 3 is 0.814 bits per heavy atom. The van der Waals surface area contributed by atoms with Gasteiger partial charge >= 0.3 is 0 Å². The van der Waals surface area contributed by atoms with Crippen LogP contribution in [-0.2, 0) is 0 Å². The molecule has 102 heavy (non-hydrogen) atoms. The lowest BCUT2D eigenvalue weighted by atomic mass is 9.92. The third kappa shape index (κ3) is 9.89. The maximum atomic E-state index is 2.48. The van der Waals surface area contributed by atoms with E-state index in [1.165, 1.54) is 161 Å². The van der Waals surface area contributed by atoms with Crippen molar-refractivity contribution in [3.05, 3.63) is 363 Å². The van der Waals surface area contributed by atoms with Gasteiger partial charge in [0.1, 0.15) is 0 Å². The number of thiophene rings is 2. The van der Waals surface area contributed by atoms with Gasteiger partial charge in [0.2, 0.25) is 0 Å². The fraction of sp³-hybridized carbons (Fsp3) is 0.0204. The number of aryl methyl sites for hydroxylation is 2. The van der Waals surface area contributed by atoms with E-state index in [1.54, 1.807) is 0 Å². The number of hydrogen-bond acceptors (Lipinski definition) is 4. The van der Waals surface area contributed by atoms with Crippen molar-refractivity contribution in [2.24, 2.45) is 0 Å². The zero-order valence-corrected chi connectivity index (χ0v) is 57.8. The molecule has 4 heteroatoms. The van der Waals surface area contributed by atoms with Crippen LogP contribution in [0.15, 0.2) is 352 Å². The predicted octanol–water partition coefficient (Wildman–Crippen LogP) is 29.2. The highest BCUT2D eigenvalue weighted by atomic mass is 32.1. The smallest absolute Gasteiger partial charge is 0.0540 e. The first-order valence-electron chi connectivity index (χ1n) is 35.1. The Morgan fingerprint density at radius 2 is 0.441 bits per heavy atom. The first-order valence-corrected chi connectivity index (χ1v) is 36.7. The minimum atomic E-state index is 1.08. The summed E-state index contributed by atoms with van der Waals surface area (Å²) in [4.78, 5) is 4.96. The molecule has 478 valence electrons. The number of nitrogens with zero attached hydrogens (tertiary/aromatic N) is 2. The Labute approximate surface area is 599 Å². The van der Waals surface area contributed by atoms with Gasteiger partial charge in [-0.15, -0.1) is 22.7 Å². The zero-order valence-electron chi connectivity index (χ0n) is 56.2. The second-order valence-corrected chi connectivity index (χ2v) is 29.3. The van der Waals surface area contributed by atoms with Gasteiger partial charge in [-0.25, -0.2) is 0 Å². The fourth-order valence-electron chi connectivity index (χ4n) is 16.4. The highest BCUT2D eigenvalue weighted by Gasteiger charge is 2.24. The van der Waals surface area contributed by atoms with Crippen LogP contribution >= 0.6 is 22.7 Å². The van der Waals surface area contributed by atoms with Crippen molar-refractivity contribution in [3.63, 3.8) is 0 Å². The Morgan fingerprint density at radius 1 is 0.176 bits per heavy atom. The van der Waals surface area contributed by atoms with Crippen molar-refractivity contribution in [1.82, 2.24) is 0 Å². The molecule has 0 spiro atoms. The quantitative estimate of drug-likeness (QED) is 0.119. The van der Waals surface area contributed by atoms with Crippen molar-refractivity contribution >= 4 is 162 Å². The molecule has 0 aliphatic rings. The maximum absolute atomic E-state index is 2.48. The molecule has 2 heterocycles. The molecular weight excluding hydrogens is 1270 g/mol. The minimum absolute atomic E-state index is 1.08. The van der Waals surface area contributed by atoms with Gasteiger partial charge in [0.05, 0.1) is 11.4 Å². The number of hydrogen-bond donors (Lipinski definition) is 0. The second kappa shape index (κ2) is 24.2. The summed E-state index contributed by atoms with van der Waals surface area (Å²) in [5, 5.41) is 20.5. The summed E-state index contributed by atoms with van der Waals surface area (Å²) in [6, 6.07) is 131. The molecule has 0 bridgehead atoms. The summed E-state index contributed by atoms with van der Waals surface area (Å²) in [6.07, 6.45) is 0. The van der Waals surface area contributed by atoms with E-state index in [4.69, 9.17) is 0 Å². The molecule has 0 aliphatic heterocycles. The zero-order chi connectivity index (χ0) is 67.5. The average Bonchev–Trinajstić information content (AvgIpc) is 1.03. The molecule has 2 aromatic heterocycles.